The monoisotopic (exact) mass is 462 g/mol. The Bertz CT molecular complexity index is 1080. The molecule has 3 amide bonds. The van der Waals surface area contributed by atoms with Crippen molar-refractivity contribution in [2.24, 2.45) is 0 Å². The Morgan fingerprint density at radius 1 is 1.06 bits per heavy atom. The minimum atomic E-state index is -3.78. The van der Waals surface area contributed by atoms with Crippen LogP contribution in [0.5, 0.6) is 5.75 Å². The van der Waals surface area contributed by atoms with Crippen LogP contribution < -0.4 is 20.7 Å². The number of amides is 3. The molecule has 3 N–H and O–H groups in total. The van der Waals surface area contributed by atoms with Crippen molar-refractivity contribution >= 4 is 33.3 Å². The van der Waals surface area contributed by atoms with Crippen molar-refractivity contribution in [1.82, 2.24) is 9.62 Å². The summed E-state index contributed by atoms with van der Waals surface area (Å²) in [5.74, 6) is -0.309. The molecule has 0 unspecified atom stereocenters. The van der Waals surface area contributed by atoms with E-state index < -0.39 is 15.9 Å². The van der Waals surface area contributed by atoms with Crippen LogP contribution in [-0.2, 0) is 14.8 Å². The van der Waals surface area contributed by atoms with Crippen LogP contribution in [0.2, 0.25) is 0 Å². The molecule has 1 fully saturated rings. The summed E-state index contributed by atoms with van der Waals surface area (Å²) in [5.41, 5.74) is 0.987. The number of urea groups is 1. The van der Waals surface area contributed by atoms with Crippen LogP contribution in [0, 0.1) is 0 Å². The highest BCUT2D eigenvalue weighted by Gasteiger charge is 2.28. The SMILES string of the molecule is CCNC(=O)Nc1cccc(NC(=O)c2cc(S(=O)(=O)N3CCOCC3)ccc2OC)c1. The number of hydrogen-bond donors (Lipinski definition) is 3. The number of methoxy groups -OCH3 is 1. The van der Waals surface area contributed by atoms with Crippen molar-refractivity contribution in [2.45, 2.75) is 11.8 Å². The van der Waals surface area contributed by atoms with E-state index in [1.54, 1.807) is 31.2 Å². The molecular weight excluding hydrogens is 436 g/mol. The molecule has 0 aromatic heterocycles. The number of rotatable bonds is 7. The second kappa shape index (κ2) is 10.4. The maximum atomic E-state index is 13.0. The summed E-state index contributed by atoms with van der Waals surface area (Å²) >= 11 is 0. The van der Waals surface area contributed by atoms with Crippen molar-refractivity contribution in [1.29, 1.82) is 0 Å². The molecule has 0 aliphatic carbocycles. The molecule has 32 heavy (non-hydrogen) atoms. The molecule has 0 atom stereocenters. The number of sulfonamides is 1. The maximum absolute atomic E-state index is 13.0. The van der Waals surface area contributed by atoms with Gasteiger partial charge in [-0.2, -0.15) is 4.31 Å². The Labute approximate surface area is 186 Å². The van der Waals surface area contributed by atoms with Crippen molar-refractivity contribution in [2.75, 3.05) is 50.6 Å². The highest BCUT2D eigenvalue weighted by atomic mass is 32.2. The lowest BCUT2D eigenvalue weighted by atomic mass is 10.1. The van der Waals surface area contributed by atoms with E-state index in [0.717, 1.165) is 0 Å². The molecule has 0 bridgehead atoms. The molecule has 0 radical (unpaired) electrons. The zero-order valence-corrected chi connectivity index (χ0v) is 18.7. The lowest BCUT2D eigenvalue weighted by molar-refractivity contribution is 0.0730. The van der Waals surface area contributed by atoms with Crippen molar-refractivity contribution < 1.29 is 27.5 Å². The first-order chi connectivity index (χ1) is 15.3. The zero-order valence-electron chi connectivity index (χ0n) is 17.9. The fourth-order valence-corrected chi connectivity index (χ4v) is 4.60. The highest BCUT2D eigenvalue weighted by molar-refractivity contribution is 7.89. The fraction of sp³-hybridized carbons (Fsp3) is 0.333. The van der Waals surface area contributed by atoms with E-state index in [2.05, 4.69) is 16.0 Å². The number of anilines is 2. The number of nitrogens with one attached hydrogen (secondary N) is 3. The van der Waals surface area contributed by atoms with Crippen LogP contribution in [-0.4, -0.2) is 64.6 Å². The van der Waals surface area contributed by atoms with Gasteiger partial charge in [-0.15, -0.1) is 0 Å². The average molecular weight is 463 g/mol. The molecule has 2 aromatic rings. The quantitative estimate of drug-likeness (QED) is 0.579. The fourth-order valence-electron chi connectivity index (χ4n) is 3.17. The molecule has 1 saturated heterocycles. The molecule has 1 aliphatic heterocycles. The lowest BCUT2D eigenvalue weighted by Gasteiger charge is -2.26. The normalized spacial score (nSPS) is 14.4. The first kappa shape index (κ1) is 23.5. The van der Waals surface area contributed by atoms with Gasteiger partial charge < -0.3 is 25.4 Å². The largest absolute Gasteiger partial charge is 0.496 e. The number of ether oxygens (including phenoxy) is 2. The van der Waals surface area contributed by atoms with E-state index in [-0.39, 0.29) is 35.3 Å². The topological polar surface area (TPSA) is 126 Å². The molecule has 172 valence electrons. The highest BCUT2D eigenvalue weighted by Crippen LogP contribution is 2.26. The number of nitrogens with zero attached hydrogens (tertiary/aromatic N) is 1. The lowest BCUT2D eigenvalue weighted by Crippen LogP contribution is -2.40. The third-order valence-corrected chi connectivity index (χ3v) is 6.63. The molecule has 1 heterocycles. The summed E-state index contributed by atoms with van der Waals surface area (Å²) in [6.45, 7) is 3.43. The zero-order chi connectivity index (χ0) is 23.1. The molecule has 0 spiro atoms. The van der Waals surface area contributed by atoms with E-state index in [9.17, 15) is 18.0 Å². The Hall–Kier alpha value is -3.15. The van der Waals surface area contributed by atoms with Crippen molar-refractivity contribution in [3.05, 3.63) is 48.0 Å². The van der Waals surface area contributed by atoms with Gasteiger partial charge in [-0.3, -0.25) is 4.79 Å². The van der Waals surface area contributed by atoms with Crippen molar-refractivity contribution in [3.63, 3.8) is 0 Å². The summed E-state index contributed by atoms with van der Waals surface area (Å²) in [6, 6.07) is 10.4. The van der Waals surface area contributed by atoms with Gasteiger partial charge in [-0.05, 0) is 43.3 Å². The number of carbonyl (C=O) groups excluding carboxylic acids is 2. The van der Waals surface area contributed by atoms with E-state index in [4.69, 9.17) is 9.47 Å². The first-order valence-electron chi connectivity index (χ1n) is 10.1. The molecule has 3 rings (SSSR count). The van der Waals surface area contributed by atoms with Crippen LogP contribution in [0.1, 0.15) is 17.3 Å². The summed E-state index contributed by atoms with van der Waals surface area (Å²) in [6.07, 6.45) is 0. The predicted octanol–water partition coefficient (Wildman–Crippen LogP) is 2.11. The molecule has 0 saturated carbocycles. The number of hydrogen-bond acceptors (Lipinski definition) is 6. The van der Waals surface area contributed by atoms with Crippen LogP contribution in [0.3, 0.4) is 0 Å². The van der Waals surface area contributed by atoms with E-state index >= 15 is 0 Å². The Morgan fingerprint density at radius 3 is 2.41 bits per heavy atom. The van der Waals surface area contributed by atoms with Crippen LogP contribution >= 0.6 is 0 Å². The van der Waals surface area contributed by atoms with Crippen LogP contribution in [0.15, 0.2) is 47.4 Å². The molecule has 10 nitrogen and oxygen atoms in total. The Morgan fingerprint density at radius 2 is 1.75 bits per heavy atom. The summed E-state index contributed by atoms with van der Waals surface area (Å²) in [5, 5.41) is 8.00. The summed E-state index contributed by atoms with van der Waals surface area (Å²) in [7, 11) is -2.38. The van der Waals surface area contributed by atoms with Gasteiger partial charge in [0.2, 0.25) is 10.0 Å². The maximum Gasteiger partial charge on any atom is 0.319 e. The minimum Gasteiger partial charge on any atom is -0.496 e. The van der Waals surface area contributed by atoms with Gasteiger partial charge in [-0.1, -0.05) is 6.07 Å². The van der Waals surface area contributed by atoms with E-state index in [1.165, 1.54) is 29.6 Å². The molecular formula is C21H26N4O6S. The van der Waals surface area contributed by atoms with Gasteiger partial charge >= 0.3 is 6.03 Å². The van der Waals surface area contributed by atoms with Crippen LogP contribution in [0.4, 0.5) is 16.2 Å². The molecule has 11 heteroatoms. The van der Waals surface area contributed by atoms with Crippen LogP contribution in [0.25, 0.3) is 0 Å². The average Bonchev–Trinajstić information content (AvgIpc) is 2.79. The van der Waals surface area contributed by atoms with Gasteiger partial charge in [-0.25, -0.2) is 13.2 Å². The standard InChI is InChI=1S/C21H26N4O6S/c1-3-22-21(27)24-16-6-4-5-15(13-16)23-20(26)18-14-17(7-8-19(18)30-2)32(28,29)25-9-11-31-12-10-25/h4-8,13-14H,3,9-12H2,1-2H3,(H,23,26)(H2,22,24,27). The smallest absolute Gasteiger partial charge is 0.319 e. The van der Waals surface area contributed by atoms with Gasteiger partial charge in [0.05, 0.1) is 30.8 Å². The van der Waals surface area contributed by atoms with Gasteiger partial charge in [0, 0.05) is 31.0 Å². The van der Waals surface area contributed by atoms with Gasteiger partial charge in [0.1, 0.15) is 5.75 Å². The van der Waals surface area contributed by atoms with Gasteiger partial charge in [0.15, 0.2) is 0 Å². The third-order valence-electron chi connectivity index (χ3n) is 4.74. The molecule has 1 aliphatic rings. The Balaban J connectivity index is 1.83. The van der Waals surface area contributed by atoms with Gasteiger partial charge in [0.25, 0.3) is 5.91 Å². The number of benzene rings is 2. The summed E-state index contributed by atoms with van der Waals surface area (Å²) < 4.78 is 37.8. The molecule has 2 aromatic carbocycles. The number of morpholine rings is 1. The third kappa shape index (κ3) is 5.55. The first-order valence-corrected chi connectivity index (χ1v) is 11.5. The summed E-state index contributed by atoms with van der Waals surface area (Å²) in [4.78, 5) is 24.7. The second-order valence-electron chi connectivity index (χ2n) is 6.90. The van der Waals surface area contributed by atoms with Crippen molar-refractivity contribution in [3.8, 4) is 5.75 Å². The Kier molecular flexibility index (Phi) is 7.67. The second-order valence-corrected chi connectivity index (χ2v) is 8.84. The minimum absolute atomic E-state index is 0.00277. The predicted molar refractivity (Wildman–Crippen MR) is 120 cm³/mol. The van der Waals surface area contributed by atoms with E-state index in [1.807, 2.05) is 0 Å². The number of carbonyl (C=O) groups is 2. The van der Waals surface area contributed by atoms with E-state index in [0.29, 0.717) is 31.1 Å².